The molecule has 1 unspecified atom stereocenters. The molecule has 0 radical (unpaired) electrons. The molecule has 0 fully saturated rings. The van der Waals surface area contributed by atoms with Crippen molar-refractivity contribution in [3.8, 4) is 11.3 Å². The lowest BCUT2D eigenvalue weighted by Crippen LogP contribution is -2.40. The van der Waals surface area contributed by atoms with Gasteiger partial charge in [-0.2, -0.15) is 5.10 Å². The molecule has 4 aromatic rings. The molecular formula is C21H23ClFN7O2S. The second-order valence-electron chi connectivity index (χ2n) is 8.64. The maximum absolute atomic E-state index is 15.6. The minimum atomic E-state index is -1.42. The molecule has 1 aromatic carbocycles. The Hall–Kier alpha value is -2.73. The number of nitrogens with one attached hydrogen (secondary N) is 3. The average Bonchev–Trinajstić information content (AvgIpc) is 3.33. The van der Waals surface area contributed by atoms with Crippen LogP contribution in [-0.2, 0) is 16.2 Å². The van der Waals surface area contributed by atoms with E-state index in [1.54, 1.807) is 29.9 Å². The van der Waals surface area contributed by atoms with Crippen LogP contribution in [0.2, 0.25) is 5.02 Å². The van der Waals surface area contributed by atoms with Crippen molar-refractivity contribution in [2.24, 2.45) is 0 Å². The average molecular weight is 492 g/mol. The predicted octanol–water partition coefficient (Wildman–Crippen LogP) is 4.14. The quantitative estimate of drug-likeness (QED) is 0.360. The number of halogens is 2. The number of anilines is 1. The van der Waals surface area contributed by atoms with Crippen LogP contribution in [0, 0.1) is 5.82 Å². The fourth-order valence-corrected chi connectivity index (χ4v) is 4.55. The molecule has 1 amide bonds. The summed E-state index contributed by atoms with van der Waals surface area (Å²) in [5, 5.41) is 9.99. The lowest BCUT2D eigenvalue weighted by Gasteiger charge is -2.27. The Morgan fingerprint density at radius 1 is 1.33 bits per heavy atom. The summed E-state index contributed by atoms with van der Waals surface area (Å²) in [5.74, 6) is -0.530. The molecule has 9 nitrogen and oxygen atoms in total. The van der Waals surface area contributed by atoms with Crippen molar-refractivity contribution in [3.63, 3.8) is 0 Å². The minimum absolute atomic E-state index is 0.122. The summed E-state index contributed by atoms with van der Waals surface area (Å²) in [4.78, 5) is 20.0. The molecule has 3 aromatic heterocycles. The Morgan fingerprint density at radius 3 is 2.73 bits per heavy atom. The van der Waals surface area contributed by atoms with E-state index in [1.807, 2.05) is 20.8 Å². The third-order valence-corrected chi connectivity index (χ3v) is 7.04. The molecule has 3 N–H and O–H groups in total. The van der Waals surface area contributed by atoms with E-state index >= 15 is 4.39 Å². The minimum Gasteiger partial charge on any atom is -0.598 e. The summed E-state index contributed by atoms with van der Waals surface area (Å²) >= 11 is 5.10. The van der Waals surface area contributed by atoms with Crippen LogP contribution in [0.4, 0.5) is 10.2 Å². The zero-order valence-corrected chi connectivity index (χ0v) is 20.2. The topological polar surface area (TPSA) is 123 Å². The number of amides is 1. The van der Waals surface area contributed by atoms with Crippen molar-refractivity contribution < 1.29 is 13.7 Å². The molecule has 12 heteroatoms. The Morgan fingerprint density at radius 2 is 2.06 bits per heavy atom. The van der Waals surface area contributed by atoms with E-state index in [2.05, 4.69) is 30.2 Å². The van der Waals surface area contributed by atoms with Gasteiger partial charge < -0.3 is 14.3 Å². The van der Waals surface area contributed by atoms with E-state index in [4.69, 9.17) is 11.6 Å². The summed E-state index contributed by atoms with van der Waals surface area (Å²) in [6.45, 7) is 8.60. The highest BCUT2D eigenvalue weighted by molar-refractivity contribution is 7.90. The Kier molecular flexibility index (Phi) is 6.08. The number of benzene rings is 1. The van der Waals surface area contributed by atoms with Crippen LogP contribution >= 0.6 is 11.6 Å². The van der Waals surface area contributed by atoms with E-state index in [-0.39, 0.29) is 16.5 Å². The van der Waals surface area contributed by atoms with E-state index < -0.39 is 28.0 Å². The third kappa shape index (κ3) is 4.41. The molecular weight excluding hydrogens is 469 g/mol. The lowest BCUT2D eigenvalue weighted by atomic mass is 9.99. The largest absolute Gasteiger partial charge is 0.598 e. The van der Waals surface area contributed by atoms with Gasteiger partial charge in [0.1, 0.15) is 10.6 Å². The molecule has 0 aliphatic heterocycles. The molecule has 33 heavy (non-hydrogen) atoms. The molecule has 3 heterocycles. The third-order valence-electron chi connectivity index (χ3n) is 5.00. The maximum atomic E-state index is 15.6. The van der Waals surface area contributed by atoms with Crippen molar-refractivity contribution in [2.75, 3.05) is 5.32 Å². The molecule has 0 aliphatic rings. The lowest BCUT2D eigenvalue weighted by molar-refractivity contribution is -0.114. The van der Waals surface area contributed by atoms with Crippen molar-refractivity contribution in [2.45, 2.75) is 45.4 Å². The number of nitrogens with zero attached hydrogens (tertiary/aromatic N) is 4. The number of fused-ring (bicyclic) bond motifs is 2. The zero-order valence-electron chi connectivity index (χ0n) is 18.7. The van der Waals surface area contributed by atoms with Gasteiger partial charge in [-0.1, -0.05) is 11.6 Å². The predicted molar refractivity (Wildman–Crippen MR) is 127 cm³/mol. The van der Waals surface area contributed by atoms with E-state index in [1.165, 1.54) is 13.1 Å². The number of aromatic nitrogens is 5. The fourth-order valence-electron chi connectivity index (χ4n) is 3.46. The van der Waals surface area contributed by atoms with E-state index in [0.717, 1.165) is 0 Å². The molecule has 0 saturated heterocycles. The van der Waals surface area contributed by atoms with Gasteiger partial charge in [0.25, 0.3) is 0 Å². The molecule has 0 spiro atoms. The summed E-state index contributed by atoms with van der Waals surface area (Å²) < 4.78 is 32.3. The van der Waals surface area contributed by atoms with Crippen molar-refractivity contribution in [3.05, 3.63) is 41.2 Å². The van der Waals surface area contributed by atoms with Crippen LogP contribution in [-0.4, -0.2) is 39.8 Å². The van der Waals surface area contributed by atoms with E-state index in [9.17, 15) is 9.35 Å². The number of aromatic amines is 1. The van der Waals surface area contributed by atoms with Crippen LogP contribution in [0.25, 0.3) is 27.8 Å². The van der Waals surface area contributed by atoms with Crippen molar-refractivity contribution >= 4 is 51.2 Å². The molecule has 0 bridgehead atoms. The smallest absolute Gasteiger partial charge is 0.222 e. The van der Waals surface area contributed by atoms with Crippen molar-refractivity contribution in [1.82, 2.24) is 29.3 Å². The Bertz CT molecular complexity index is 1360. The summed E-state index contributed by atoms with van der Waals surface area (Å²) in [7, 11) is 0. The first-order valence-corrected chi connectivity index (χ1v) is 11.6. The van der Waals surface area contributed by atoms with Gasteiger partial charge in [0.2, 0.25) is 5.91 Å². The highest BCUT2D eigenvalue weighted by Crippen LogP contribution is 2.40. The van der Waals surface area contributed by atoms with Crippen molar-refractivity contribution in [1.29, 1.82) is 0 Å². The fraction of sp³-hybridized carbons (Fsp3) is 0.333. The molecule has 4 rings (SSSR count). The van der Waals surface area contributed by atoms with Gasteiger partial charge >= 0.3 is 0 Å². The second-order valence-corrected chi connectivity index (χ2v) is 11.0. The maximum Gasteiger partial charge on any atom is 0.222 e. The highest BCUT2D eigenvalue weighted by Gasteiger charge is 2.32. The molecule has 174 valence electrons. The Labute approximate surface area is 197 Å². The van der Waals surface area contributed by atoms with Gasteiger partial charge in [0.15, 0.2) is 11.5 Å². The van der Waals surface area contributed by atoms with Gasteiger partial charge in [-0.15, -0.1) is 4.72 Å². The van der Waals surface area contributed by atoms with Gasteiger partial charge in [-0.25, -0.2) is 9.37 Å². The van der Waals surface area contributed by atoms with Gasteiger partial charge in [0, 0.05) is 41.0 Å². The number of H-pyrrole nitrogens is 1. The first-order chi connectivity index (χ1) is 15.5. The van der Waals surface area contributed by atoms with E-state index in [0.29, 0.717) is 33.6 Å². The summed E-state index contributed by atoms with van der Waals surface area (Å²) in [6, 6.07) is -0.608. The van der Waals surface area contributed by atoms with Gasteiger partial charge in [-0.3, -0.25) is 14.9 Å². The number of carbonyl (C=O) groups excluding carboxylic acids is 1. The molecule has 2 atom stereocenters. The number of rotatable bonds is 5. The number of hydrogen-bond acceptors (Lipinski definition) is 6. The number of carbonyl (C=O) groups is 1. The number of imidazole rings is 1. The highest BCUT2D eigenvalue weighted by atomic mass is 35.5. The Balaban J connectivity index is 1.82. The molecule has 0 saturated carbocycles. The molecule has 0 aliphatic carbocycles. The SMILES string of the molecule is CC(=O)Nc1cn2cc(-c3c(Cl)c(F)c(C(C)N[S@+]([O-])C(C)(C)C)c4[nH]ncc34)ncc2n1. The van der Waals surface area contributed by atoms with Gasteiger partial charge in [-0.05, 0) is 27.7 Å². The van der Waals surface area contributed by atoms with Crippen LogP contribution in [0.5, 0.6) is 0 Å². The second kappa shape index (κ2) is 8.56. The van der Waals surface area contributed by atoms with Crippen LogP contribution in [0.3, 0.4) is 0 Å². The summed E-state index contributed by atoms with van der Waals surface area (Å²) in [6.07, 6.45) is 6.33. The first-order valence-electron chi connectivity index (χ1n) is 10.1. The number of hydrogen-bond donors (Lipinski definition) is 3. The van der Waals surface area contributed by atoms with Crippen LogP contribution < -0.4 is 10.0 Å². The normalized spacial score (nSPS) is 14.1. The monoisotopic (exact) mass is 491 g/mol. The van der Waals surface area contributed by atoms with Gasteiger partial charge in [0.05, 0.1) is 40.9 Å². The van der Waals surface area contributed by atoms with Crippen LogP contribution in [0.1, 0.15) is 46.2 Å². The van der Waals surface area contributed by atoms with Crippen LogP contribution in [0.15, 0.2) is 24.8 Å². The zero-order chi connectivity index (χ0) is 24.1. The standard InChI is InChI=1S/C21H23ClFN7O2S/c1-10(29-33(32)21(3,4)5)16-19(23)18(22)17(12-6-25-28-20(12)16)13-8-30-9-14(26-11(2)31)27-15(30)7-24-13/h6-10,29H,1-5H3,(H,25,28)(H,26,31)/t10?,33-/m1/s1. The summed E-state index contributed by atoms with van der Waals surface area (Å²) in [5.41, 5.74) is 1.94. The first kappa shape index (κ1) is 23.4.